The second-order valence-corrected chi connectivity index (χ2v) is 11.7. The van der Waals surface area contributed by atoms with Crippen LogP contribution in [0.4, 0.5) is 9.59 Å². The molecule has 3 saturated heterocycles. The van der Waals surface area contributed by atoms with Crippen LogP contribution in [0.25, 0.3) is 0 Å². The van der Waals surface area contributed by atoms with Crippen molar-refractivity contribution in [3.8, 4) is 0 Å². The van der Waals surface area contributed by atoms with Gasteiger partial charge in [-0.25, -0.2) is 9.59 Å². The third kappa shape index (κ3) is 4.41. The van der Waals surface area contributed by atoms with E-state index in [4.69, 9.17) is 4.74 Å². The number of imide groups is 3. The van der Waals surface area contributed by atoms with Crippen molar-refractivity contribution in [2.75, 3.05) is 33.4 Å². The third-order valence-corrected chi connectivity index (χ3v) is 9.12. The van der Waals surface area contributed by atoms with Crippen molar-refractivity contribution in [3.63, 3.8) is 0 Å². The molecule has 0 unspecified atom stereocenters. The Morgan fingerprint density at radius 2 is 1.47 bits per heavy atom. The van der Waals surface area contributed by atoms with Gasteiger partial charge in [-0.2, -0.15) is 0 Å². The zero-order valence-corrected chi connectivity index (χ0v) is 21.4. The molecule has 5 fully saturated rings. The molecule has 0 N–H and O–H groups in total. The number of urea groups is 2. The minimum absolute atomic E-state index is 0.169. The predicted molar refractivity (Wildman–Crippen MR) is 128 cm³/mol. The Balaban J connectivity index is 1.22. The van der Waals surface area contributed by atoms with Gasteiger partial charge in [0, 0.05) is 32.1 Å². The normalized spacial score (nSPS) is 32.8. The standard InChI is InChI=1S/C26H38N4O6/c1-26(23(33)27(2)24(34)29(26)14-19-15-36-16-19)12-17-7-9-20(10-8-17)30-22(32)11-21(31)28(25(30)35)13-18-5-3-4-6-18/h17-20H,3-16H2,1-2H3/t17?,20?,26-/m0/s1. The van der Waals surface area contributed by atoms with E-state index >= 15 is 0 Å². The molecule has 0 bridgehead atoms. The average molecular weight is 503 g/mol. The summed E-state index contributed by atoms with van der Waals surface area (Å²) in [4.78, 5) is 70.1. The minimum atomic E-state index is -0.889. The van der Waals surface area contributed by atoms with Gasteiger partial charge in [0.15, 0.2) is 0 Å². The van der Waals surface area contributed by atoms with Gasteiger partial charge in [-0.15, -0.1) is 0 Å². The van der Waals surface area contributed by atoms with Crippen LogP contribution in [-0.4, -0.2) is 94.3 Å². The highest BCUT2D eigenvalue weighted by Crippen LogP contribution is 2.40. The van der Waals surface area contributed by atoms with Gasteiger partial charge >= 0.3 is 12.1 Å². The first kappa shape index (κ1) is 25.2. The van der Waals surface area contributed by atoms with Crippen LogP contribution in [-0.2, 0) is 19.1 Å². The van der Waals surface area contributed by atoms with Crippen LogP contribution in [0.1, 0.15) is 71.1 Å². The molecule has 1 atom stereocenters. The van der Waals surface area contributed by atoms with E-state index in [0.29, 0.717) is 51.5 Å². The molecule has 2 aliphatic carbocycles. The van der Waals surface area contributed by atoms with E-state index in [1.54, 1.807) is 11.9 Å². The number of amides is 7. The lowest BCUT2D eigenvalue weighted by molar-refractivity contribution is -0.144. The summed E-state index contributed by atoms with van der Waals surface area (Å²) in [6.45, 7) is 4.03. The van der Waals surface area contributed by atoms with Crippen LogP contribution in [0, 0.1) is 17.8 Å². The molecular formula is C26H38N4O6. The number of rotatable bonds is 7. The van der Waals surface area contributed by atoms with Gasteiger partial charge in [0.25, 0.3) is 5.91 Å². The quantitative estimate of drug-likeness (QED) is 0.391. The summed E-state index contributed by atoms with van der Waals surface area (Å²) in [5.74, 6) is -0.133. The van der Waals surface area contributed by atoms with E-state index < -0.39 is 17.5 Å². The fourth-order valence-electron chi connectivity index (χ4n) is 6.89. The average Bonchev–Trinajstić information content (AvgIpc) is 3.38. The molecule has 3 aliphatic heterocycles. The molecule has 5 rings (SSSR count). The molecule has 0 spiro atoms. The molecule has 0 aromatic heterocycles. The molecule has 5 aliphatic rings. The lowest BCUT2D eigenvalue weighted by atomic mass is 9.77. The summed E-state index contributed by atoms with van der Waals surface area (Å²) in [7, 11) is 1.54. The zero-order chi connectivity index (χ0) is 25.6. The maximum absolute atomic E-state index is 13.2. The molecule has 36 heavy (non-hydrogen) atoms. The second-order valence-electron chi connectivity index (χ2n) is 11.7. The van der Waals surface area contributed by atoms with Gasteiger partial charge in [-0.05, 0) is 63.7 Å². The maximum Gasteiger partial charge on any atom is 0.333 e. The number of carbonyl (C=O) groups is 5. The summed E-state index contributed by atoms with van der Waals surface area (Å²) >= 11 is 0. The Labute approximate surface area is 212 Å². The molecule has 7 amide bonds. The van der Waals surface area contributed by atoms with Crippen LogP contribution in [0.2, 0.25) is 0 Å². The van der Waals surface area contributed by atoms with Crippen LogP contribution < -0.4 is 0 Å². The second kappa shape index (κ2) is 9.76. The molecule has 0 radical (unpaired) electrons. The van der Waals surface area contributed by atoms with Gasteiger partial charge < -0.3 is 9.64 Å². The van der Waals surface area contributed by atoms with Crippen LogP contribution in [0.3, 0.4) is 0 Å². The minimum Gasteiger partial charge on any atom is -0.381 e. The molecule has 3 heterocycles. The topological polar surface area (TPSA) is 108 Å². The molecule has 198 valence electrons. The first-order chi connectivity index (χ1) is 17.2. The van der Waals surface area contributed by atoms with E-state index in [0.717, 1.165) is 38.5 Å². The summed E-state index contributed by atoms with van der Waals surface area (Å²) < 4.78 is 5.27. The molecule has 2 saturated carbocycles. The fourth-order valence-corrected chi connectivity index (χ4v) is 6.89. The number of ether oxygens (including phenoxy) is 1. The number of carbonyl (C=O) groups excluding carboxylic acids is 5. The van der Waals surface area contributed by atoms with Crippen molar-refractivity contribution in [2.45, 2.75) is 82.7 Å². The van der Waals surface area contributed by atoms with Crippen molar-refractivity contribution in [3.05, 3.63) is 0 Å². The van der Waals surface area contributed by atoms with Gasteiger partial charge in [0.05, 0.1) is 13.2 Å². The first-order valence-electron chi connectivity index (χ1n) is 13.5. The molecule has 10 nitrogen and oxygen atoms in total. The van der Waals surface area contributed by atoms with E-state index in [9.17, 15) is 24.0 Å². The highest BCUT2D eigenvalue weighted by molar-refractivity contribution is 6.14. The number of hydrogen-bond donors (Lipinski definition) is 0. The number of likely N-dealkylation sites (N-methyl/N-ethyl adjacent to an activating group) is 1. The van der Waals surface area contributed by atoms with Crippen molar-refractivity contribution in [2.24, 2.45) is 17.8 Å². The Kier molecular flexibility index (Phi) is 6.82. The maximum atomic E-state index is 13.2. The van der Waals surface area contributed by atoms with E-state index in [-0.39, 0.29) is 42.1 Å². The van der Waals surface area contributed by atoms with Crippen LogP contribution in [0.5, 0.6) is 0 Å². The Bertz CT molecular complexity index is 937. The monoisotopic (exact) mass is 502 g/mol. The number of hydrogen-bond acceptors (Lipinski definition) is 6. The summed E-state index contributed by atoms with van der Waals surface area (Å²) in [6.07, 6.45) is 7.46. The summed E-state index contributed by atoms with van der Waals surface area (Å²) in [5, 5.41) is 0. The lowest BCUT2D eigenvalue weighted by Gasteiger charge is -2.43. The third-order valence-electron chi connectivity index (χ3n) is 9.12. The Morgan fingerprint density at radius 1 is 0.806 bits per heavy atom. The van der Waals surface area contributed by atoms with Crippen molar-refractivity contribution in [1.82, 2.24) is 19.6 Å². The van der Waals surface area contributed by atoms with Crippen molar-refractivity contribution < 1.29 is 28.7 Å². The molecule has 0 aromatic rings. The molecular weight excluding hydrogens is 464 g/mol. The van der Waals surface area contributed by atoms with E-state index in [1.807, 2.05) is 6.92 Å². The molecule has 10 heteroatoms. The van der Waals surface area contributed by atoms with E-state index in [2.05, 4.69) is 0 Å². The summed E-state index contributed by atoms with van der Waals surface area (Å²) in [5.41, 5.74) is -0.889. The highest BCUT2D eigenvalue weighted by Gasteiger charge is 2.54. The van der Waals surface area contributed by atoms with Gasteiger partial charge in [-0.1, -0.05) is 12.8 Å². The molecule has 0 aromatic carbocycles. The van der Waals surface area contributed by atoms with Crippen molar-refractivity contribution in [1.29, 1.82) is 0 Å². The van der Waals surface area contributed by atoms with Gasteiger partial charge in [0.1, 0.15) is 12.0 Å². The highest BCUT2D eigenvalue weighted by atomic mass is 16.5. The fraction of sp³-hybridized carbons (Fsp3) is 0.808. The largest absolute Gasteiger partial charge is 0.381 e. The van der Waals surface area contributed by atoms with E-state index in [1.165, 1.54) is 14.7 Å². The van der Waals surface area contributed by atoms with Crippen molar-refractivity contribution >= 4 is 29.8 Å². The predicted octanol–water partition coefficient (Wildman–Crippen LogP) is 2.61. The van der Waals surface area contributed by atoms with Crippen LogP contribution >= 0.6 is 0 Å². The SMILES string of the molecule is CN1C(=O)N(CC2COC2)[C@@](C)(CC2CCC(N3C(=O)CC(=O)N(CC4CCCC4)C3=O)CC2)C1=O. The van der Waals surface area contributed by atoms with Gasteiger partial charge in [0.2, 0.25) is 11.8 Å². The smallest absolute Gasteiger partial charge is 0.333 e. The number of nitrogens with zero attached hydrogens (tertiary/aromatic N) is 4. The van der Waals surface area contributed by atoms with Gasteiger partial charge in [-0.3, -0.25) is 29.1 Å². The number of barbiturate groups is 1. The van der Waals surface area contributed by atoms with Crippen LogP contribution in [0.15, 0.2) is 0 Å². The summed E-state index contributed by atoms with van der Waals surface area (Å²) in [6, 6.07) is -0.926. The lowest BCUT2D eigenvalue weighted by Crippen LogP contribution is -2.59. The zero-order valence-electron chi connectivity index (χ0n) is 21.4. The Morgan fingerprint density at radius 3 is 2.08 bits per heavy atom. The first-order valence-corrected chi connectivity index (χ1v) is 13.5. The Hall–Kier alpha value is -2.49.